The van der Waals surface area contributed by atoms with E-state index in [1.165, 1.54) is 19.2 Å². The number of aromatic nitrogens is 2. The molecule has 0 atom stereocenters. The Morgan fingerprint density at radius 2 is 1.76 bits per heavy atom. The summed E-state index contributed by atoms with van der Waals surface area (Å²) in [5, 5.41) is 0. The van der Waals surface area contributed by atoms with E-state index in [2.05, 4.69) is 9.64 Å². The van der Waals surface area contributed by atoms with Crippen molar-refractivity contribution in [2.75, 3.05) is 25.1 Å². The number of carbonyl (C=O) groups excluding carboxylic acids is 1. The number of anilines is 1. The molecule has 0 aliphatic carbocycles. The highest BCUT2D eigenvalue weighted by Crippen LogP contribution is 2.31. The van der Waals surface area contributed by atoms with Crippen LogP contribution in [0, 0.1) is 0 Å². The predicted molar refractivity (Wildman–Crippen MR) is 101 cm³/mol. The number of hydrogen-bond acceptors (Lipinski definition) is 5. The fourth-order valence-electron chi connectivity index (χ4n) is 3.49. The first kappa shape index (κ1) is 19.1. The Morgan fingerprint density at radius 1 is 1.07 bits per heavy atom. The number of benzene rings is 2. The van der Waals surface area contributed by atoms with Crippen molar-refractivity contribution >= 4 is 23.0 Å². The zero-order chi connectivity index (χ0) is 20.6. The molecule has 1 fully saturated rings. The van der Waals surface area contributed by atoms with Crippen LogP contribution >= 0.6 is 0 Å². The molecule has 0 N–H and O–H groups in total. The summed E-state index contributed by atoms with van der Waals surface area (Å²) < 4.78 is 47.9. The summed E-state index contributed by atoms with van der Waals surface area (Å²) in [5.74, 6) is -0.0665. The second kappa shape index (κ2) is 7.31. The van der Waals surface area contributed by atoms with Crippen LogP contribution in [-0.4, -0.2) is 42.1 Å². The van der Waals surface area contributed by atoms with Crippen LogP contribution in [0.25, 0.3) is 16.7 Å². The molecule has 0 unspecified atom stereocenters. The number of ether oxygens (including phenoxy) is 2. The van der Waals surface area contributed by atoms with Crippen LogP contribution in [0.3, 0.4) is 0 Å². The fraction of sp³-hybridized carbons (Fsp3) is 0.300. The van der Waals surface area contributed by atoms with E-state index in [9.17, 15) is 18.0 Å². The first-order valence-electron chi connectivity index (χ1n) is 9.08. The summed E-state index contributed by atoms with van der Waals surface area (Å²) in [4.78, 5) is 18.7. The van der Waals surface area contributed by atoms with Gasteiger partial charge in [-0.1, -0.05) is 0 Å². The van der Waals surface area contributed by atoms with Crippen LogP contribution in [0.2, 0.25) is 0 Å². The molecule has 152 valence electrons. The number of fused-ring (bicyclic) bond motifs is 1. The molecule has 0 spiro atoms. The molecule has 2 heterocycles. The van der Waals surface area contributed by atoms with Gasteiger partial charge in [-0.15, -0.1) is 13.2 Å². The van der Waals surface area contributed by atoms with Crippen molar-refractivity contribution in [2.24, 2.45) is 0 Å². The Kier molecular flexibility index (Phi) is 4.81. The number of nitrogens with zero attached hydrogens (tertiary/aromatic N) is 3. The number of esters is 1. The van der Waals surface area contributed by atoms with E-state index in [-0.39, 0.29) is 5.75 Å². The number of hydrogen-bond donors (Lipinski definition) is 0. The SMILES string of the molecule is COC(=O)c1ccc2c(c1)nc(N1CCCC1)n2-c1ccc(OC(F)(F)F)cc1. The maximum atomic E-state index is 12.4. The highest BCUT2D eigenvalue weighted by Gasteiger charge is 2.31. The molecule has 0 bridgehead atoms. The summed E-state index contributed by atoms with van der Waals surface area (Å²) in [5.41, 5.74) is 2.37. The zero-order valence-electron chi connectivity index (χ0n) is 15.6. The molecule has 2 aromatic carbocycles. The van der Waals surface area contributed by atoms with Gasteiger partial charge < -0.3 is 14.4 Å². The van der Waals surface area contributed by atoms with Crippen molar-refractivity contribution in [3.63, 3.8) is 0 Å². The van der Waals surface area contributed by atoms with Crippen molar-refractivity contribution in [3.8, 4) is 11.4 Å². The third-order valence-corrected chi connectivity index (χ3v) is 4.78. The van der Waals surface area contributed by atoms with Crippen LogP contribution < -0.4 is 9.64 Å². The minimum atomic E-state index is -4.74. The van der Waals surface area contributed by atoms with Gasteiger partial charge >= 0.3 is 12.3 Å². The lowest BCUT2D eigenvalue weighted by molar-refractivity contribution is -0.274. The molecule has 0 saturated carbocycles. The lowest BCUT2D eigenvalue weighted by Crippen LogP contribution is -2.21. The lowest BCUT2D eigenvalue weighted by atomic mass is 10.2. The van der Waals surface area contributed by atoms with Gasteiger partial charge in [0.05, 0.1) is 23.7 Å². The molecule has 1 aliphatic heterocycles. The minimum absolute atomic E-state index is 0.290. The molecule has 1 aromatic heterocycles. The molecule has 9 heteroatoms. The molecule has 6 nitrogen and oxygen atoms in total. The van der Waals surface area contributed by atoms with Crippen molar-refractivity contribution in [2.45, 2.75) is 19.2 Å². The predicted octanol–water partition coefficient (Wildman–Crippen LogP) is 4.31. The first-order chi connectivity index (χ1) is 13.9. The standard InChI is InChI=1S/C20H18F3N3O3/c1-28-18(27)13-4-9-17-16(12-13)24-19(25-10-2-3-11-25)26(17)14-5-7-15(8-6-14)29-20(21,22)23/h4-9,12H,2-3,10-11H2,1H3. The largest absolute Gasteiger partial charge is 0.573 e. The van der Waals surface area contributed by atoms with Gasteiger partial charge in [-0.05, 0) is 55.3 Å². The molecule has 29 heavy (non-hydrogen) atoms. The third-order valence-electron chi connectivity index (χ3n) is 4.78. The monoisotopic (exact) mass is 405 g/mol. The second-order valence-corrected chi connectivity index (χ2v) is 6.68. The van der Waals surface area contributed by atoms with Gasteiger partial charge in [0.1, 0.15) is 5.75 Å². The Labute approximate surface area is 164 Å². The number of imidazole rings is 1. The number of alkyl halides is 3. The maximum Gasteiger partial charge on any atom is 0.573 e. The van der Waals surface area contributed by atoms with Crippen LogP contribution in [0.1, 0.15) is 23.2 Å². The highest BCUT2D eigenvalue weighted by atomic mass is 19.4. The molecule has 4 rings (SSSR count). The number of halogens is 3. The van der Waals surface area contributed by atoms with E-state index in [1.54, 1.807) is 30.3 Å². The summed E-state index contributed by atoms with van der Waals surface area (Å²) in [7, 11) is 1.31. The van der Waals surface area contributed by atoms with Gasteiger partial charge in [0.25, 0.3) is 0 Å². The number of rotatable bonds is 4. The summed E-state index contributed by atoms with van der Waals surface area (Å²) in [6, 6.07) is 10.7. The summed E-state index contributed by atoms with van der Waals surface area (Å²) in [6.07, 6.45) is -2.67. The van der Waals surface area contributed by atoms with Crippen molar-refractivity contribution in [3.05, 3.63) is 48.0 Å². The summed E-state index contributed by atoms with van der Waals surface area (Å²) in [6.45, 7) is 1.67. The number of carbonyl (C=O) groups is 1. The van der Waals surface area contributed by atoms with Crippen molar-refractivity contribution in [1.29, 1.82) is 0 Å². The van der Waals surface area contributed by atoms with Gasteiger partial charge in [0.15, 0.2) is 0 Å². The molecular weight excluding hydrogens is 387 g/mol. The van der Waals surface area contributed by atoms with Gasteiger partial charge in [-0.2, -0.15) is 0 Å². The van der Waals surface area contributed by atoms with Crippen LogP contribution in [0.15, 0.2) is 42.5 Å². The average molecular weight is 405 g/mol. The topological polar surface area (TPSA) is 56.6 Å². The Bertz CT molecular complexity index is 1040. The lowest BCUT2D eigenvalue weighted by Gasteiger charge is -2.19. The second-order valence-electron chi connectivity index (χ2n) is 6.68. The molecule has 3 aromatic rings. The zero-order valence-corrected chi connectivity index (χ0v) is 15.6. The Balaban J connectivity index is 1.80. The van der Waals surface area contributed by atoms with E-state index in [4.69, 9.17) is 9.72 Å². The Morgan fingerprint density at radius 3 is 2.38 bits per heavy atom. The molecule has 0 amide bonds. The Hall–Kier alpha value is -3.23. The molecule has 0 radical (unpaired) electrons. The van der Waals surface area contributed by atoms with E-state index in [0.29, 0.717) is 22.7 Å². The molecule has 1 saturated heterocycles. The van der Waals surface area contributed by atoms with Gasteiger partial charge in [0.2, 0.25) is 5.95 Å². The van der Waals surface area contributed by atoms with Gasteiger partial charge in [-0.25, -0.2) is 9.78 Å². The van der Waals surface area contributed by atoms with Crippen molar-refractivity contribution in [1.82, 2.24) is 9.55 Å². The first-order valence-corrected chi connectivity index (χ1v) is 9.08. The maximum absolute atomic E-state index is 12.4. The van der Waals surface area contributed by atoms with Gasteiger partial charge in [-0.3, -0.25) is 4.57 Å². The summed E-state index contributed by atoms with van der Waals surface area (Å²) >= 11 is 0. The van der Waals surface area contributed by atoms with E-state index in [0.717, 1.165) is 31.4 Å². The molecule has 1 aliphatic rings. The highest BCUT2D eigenvalue weighted by molar-refractivity contribution is 5.94. The number of methoxy groups -OCH3 is 1. The van der Waals surface area contributed by atoms with Crippen molar-refractivity contribution < 1.29 is 27.4 Å². The average Bonchev–Trinajstić information content (AvgIpc) is 3.33. The van der Waals surface area contributed by atoms with Gasteiger partial charge in [0, 0.05) is 18.8 Å². The normalized spacial score (nSPS) is 14.4. The van der Waals surface area contributed by atoms with E-state index < -0.39 is 12.3 Å². The van der Waals surface area contributed by atoms with Crippen LogP contribution in [-0.2, 0) is 4.74 Å². The van der Waals surface area contributed by atoms with Crippen LogP contribution in [0.5, 0.6) is 5.75 Å². The smallest absolute Gasteiger partial charge is 0.465 e. The van der Waals surface area contributed by atoms with E-state index >= 15 is 0 Å². The van der Waals surface area contributed by atoms with E-state index in [1.807, 2.05) is 4.57 Å². The quantitative estimate of drug-likeness (QED) is 0.606. The fourth-order valence-corrected chi connectivity index (χ4v) is 3.49. The van der Waals surface area contributed by atoms with Crippen LogP contribution in [0.4, 0.5) is 19.1 Å². The third kappa shape index (κ3) is 3.85. The molecular formula is C20H18F3N3O3. The minimum Gasteiger partial charge on any atom is -0.465 e.